The third-order valence-electron chi connectivity index (χ3n) is 1.76. The molecule has 0 aliphatic rings. The van der Waals surface area contributed by atoms with Gasteiger partial charge in [0.2, 0.25) is 0 Å². The van der Waals surface area contributed by atoms with Gasteiger partial charge in [-0.2, -0.15) is 0 Å². The van der Waals surface area contributed by atoms with E-state index < -0.39 is 0 Å². The van der Waals surface area contributed by atoms with Crippen molar-refractivity contribution in [2.24, 2.45) is 5.73 Å². The number of methoxy groups -OCH3 is 1. The Morgan fingerprint density at radius 2 is 2.25 bits per heavy atom. The summed E-state index contributed by atoms with van der Waals surface area (Å²) in [5, 5.41) is 2.95. The van der Waals surface area contributed by atoms with Gasteiger partial charge in [0, 0.05) is 0 Å². The molecule has 0 aliphatic heterocycles. The van der Waals surface area contributed by atoms with Crippen molar-refractivity contribution < 1.29 is 4.74 Å². The molecule has 3 heteroatoms. The second-order valence-electron chi connectivity index (χ2n) is 2.54. The smallest absolute Gasteiger partial charge is 0.119 e. The molecule has 0 aromatic heterocycles. The number of nitrogens with two attached hydrogens (primary N) is 1. The van der Waals surface area contributed by atoms with E-state index in [4.69, 9.17) is 10.5 Å². The van der Waals surface area contributed by atoms with Gasteiger partial charge in [0.15, 0.2) is 0 Å². The zero-order valence-corrected chi connectivity index (χ0v) is 7.37. The Labute approximate surface area is 72.5 Å². The van der Waals surface area contributed by atoms with E-state index in [0.29, 0.717) is 0 Å². The Hall–Kier alpha value is -1.06. The van der Waals surface area contributed by atoms with E-state index in [2.05, 4.69) is 5.32 Å². The van der Waals surface area contributed by atoms with Crippen molar-refractivity contribution >= 4 is 0 Å². The van der Waals surface area contributed by atoms with Crippen LogP contribution in [-0.2, 0) is 0 Å². The molecule has 0 saturated carbocycles. The van der Waals surface area contributed by atoms with Crippen LogP contribution in [0.3, 0.4) is 0 Å². The third kappa shape index (κ3) is 1.96. The molecule has 3 nitrogen and oxygen atoms in total. The topological polar surface area (TPSA) is 47.3 Å². The fraction of sp³-hybridized carbons (Fsp3) is 0.333. The van der Waals surface area contributed by atoms with Gasteiger partial charge in [-0.3, -0.25) is 0 Å². The van der Waals surface area contributed by atoms with Crippen molar-refractivity contribution in [1.29, 1.82) is 0 Å². The molecule has 1 aromatic rings. The molecule has 1 rings (SSSR count). The molecular weight excluding hydrogens is 152 g/mol. The van der Waals surface area contributed by atoms with Gasteiger partial charge in [-0.15, -0.1) is 0 Å². The molecule has 1 aromatic carbocycles. The van der Waals surface area contributed by atoms with Crippen LogP contribution >= 0.6 is 0 Å². The highest BCUT2D eigenvalue weighted by Crippen LogP contribution is 2.15. The number of nitrogens with one attached hydrogen (secondary N) is 1. The normalized spacial score (nSPS) is 12.6. The summed E-state index contributed by atoms with van der Waals surface area (Å²) in [7, 11) is 3.47. The number of hydrogen-bond donors (Lipinski definition) is 2. The lowest BCUT2D eigenvalue weighted by molar-refractivity contribution is 0.413. The monoisotopic (exact) mass is 166 g/mol. The van der Waals surface area contributed by atoms with Gasteiger partial charge in [0.25, 0.3) is 0 Å². The highest BCUT2D eigenvalue weighted by molar-refractivity contribution is 5.29. The van der Waals surface area contributed by atoms with Gasteiger partial charge in [0.1, 0.15) is 5.75 Å². The lowest BCUT2D eigenvalue weighted by Crippen LogP contribution is -2.24. The lowest BCUT2D eigenvalue weighted by Gasteiger charge is -2.11. The largest absolute Gasteiger partial charge is 0.497 e. The molecule has 0 spiro atoms. The Bertz CT molecular complexity index is 250. The van der Waals surface area contributed by atoms with E-state index >= 15 is 0 Å². The van der Waals surface area contributed by atoms with Crippen LogP contribution in [0.4, 0.5) is 0 Å². The Morgan fingerprint density at radius 3 is 2.83 bits per heavy atom. The Kier molecular flexibility index (Phi) is 3.08. The van der Waals surface area contributed by atoms with Crippen LogP contribution in [0.2, 0.25) is 0 Å². The molecule has 0 bridgehead atoms. The molecule has 0 heterocycles. The minimum Gasteiger partial charge on any atom is -0.497 e. The third-order valence-corrected chi connectivity index (χ3v) is 1.76. The van der Waals surface area contributed by atoms with Gasteiger partial charge in [-0.1, -0.05) is 12.1 Å². The van der Waals surface area contributed by atoms with Gasteiger partial charge in [-0.25, -0.2) is 0 Å². The zero-order valence-electron chi connectivity index (χ0n) is 7.37. The highest BCUT2D eigenvalue weighted by Gasteiger charge is 2.02. The molecule has 1 atom stereocenters. The first-order chi connectivity index (χ1) is 5.77. The molecule has 66 valence electrons. The molecular formula is C9H14N2O. The number of hydrogen-bond acceptors (Lipinski definition) is 3. The summed E-state index contributed by atoms with van der Waals surface area (Å²) in [6, 6.07) is 7.70. The first-order valence-corrected chi connectivity index (χ1v) is 3.84. The summed E-state index contributed by atoms with van der Waals surface area (Å²) in [4.78, 5) is 0. The maximum absolute atomic E-state index is 5.75. The Morgan fingerprint density at radius 1 is 1.50 bits per heavy atom. The predicted molar refractivity (Wildman–Crippen MR) is 49.0 cm³/mol. The SMILES string of the molecule is CNC(N)c1cccc(OC)c1. The molecule has 0 saturated heterocycles. The van der Waals surface area contributed by atoms with Crippen molar-refractivity contribution in [1.82, 2.24) is 5.32 Å². The average molecular weight is 166 g/mol. The van der Waals surface area contributed by atoms with Crippen LogP contribution in [0.5, 0.6) is 5.75 Å². The predicted octanol–water partition coefficient (Wildman–Crippen LogP) is 0.872. The van der Waals surface area contributed by atoms with Crippen LogP contribution in [0.25, 0.3) is 0 Å². The minimum atomic E-state index is -0.125. The maximum Gasteiger partial charge on any atom is 0.119 e. The van der Waals surface area contributed by atoms with Gasteiger partial charge in [0.05, 0.1) is 13.3 Å². The molecule has 0 amide bonds. The fourth-order valence-corrected chi connectivity index (χ4v) is 1.00. The Balaban J connectivity index is 2.86. The second kappa shape index (κ2) is 4.09. The van der Waals surface area contributed by atoms with E-state index in [1.165, 1.54) is 0 Å². The summed E-state index contributed by atoms with van der Waals surface area (Å²) >= 11 is 0. The van der Waals surface area contributed by atoms with Crippen LogP contribution < -0.4 is 15.8 Å². The van der Waals surface area contributed by atoms with Gasteiger partial charge in [-0.05, 0) is 24.7 Å². The molecule has 0 fully saturated rings. The van der Waals surface area contributed by atoms with Crippen LogP contribution in [0.15, 0.2) is 24.3 Å². The number of ether oxygens (including phenoxy) is 1. The molecule has 0 aliphatic carbocycles. The summed E-state index contributed by atoms with van der Waals surface area (Å²) in [5.74, 6) is 0.832. The van der Waals surface area contributed by atoms with E-state index in [1.807, 2.05) is 31.3 Å². The maximum atomic E-state index is 5.75. The quantitative estimate of drug-likeness (QED) is 0.655. The van der Waals surface area contributed by atoms with Gasteiger partial charge >= 0.3 is 0 Å². The number of rotatable bonds is 3. The zero-order chi connectivity index (χ0) is 8.97. The van der Waals surface area contributed by atoms with Crippen LogP contribution in [0, 0.1) is 0 Å². The standard InChI is InChI=1S/C9H14N2O/c1-11-9(10)7-4-3-5-8(6-7)12-2/h3-6,9,11H,10H2,1-2H3. The van der Waals surface area contributed by atoms with E-state index in [-0.39, 0.29) is 6.17 Å². The minimum absolute atomic E-state index is 0.125. The molecule has 3 N–H and O–H groups in total. The summed E-state index contributed by atoms with van der Waals surface area (Å²) in [5.41, 5.74) is 6.78. The van der Waals surface area contributed by atoms with Crippen LogP contribution in [-0.4, -0.2) is 14.2 Å². The van der Waals surface area contributed by atoms with Crippen molar-refractivity contribution in [3.05, 3.63) is 29.8 Å². The van der Waals surface area contributed by atoms with E-state index in [1.54, 1.807) is 7.11 Å². The molecule has 1 unspecified atom stereocenters. The molecule has 12 heavy (non-hydrogen) atoms. The first kappa shape index (κ1) is 9.03. The van der Waals surface area contributed by atoms with Crippen molar-refractivity contribution in [2.75, 3.05) is 14.2 Å². The second-order valence-corrected chi connectivity index (χ2v) is 2.54. The fourth-order valence-electron chi connectivity index (χ4n) is 1.00. The van der Waals surface area contributed by atoms with Crippen molar-refractivity contribution in [3.63, 3.8) is 0 Å². The summed E-state index contributed by atoms with van der Waals surface area (Å²) < 4.78 is 5.07. The average Bonchev–Trinajstić information content (AvgIpc) is 2.17. The highest BCUT2D eigenvalue weighted by atomic mass is 16.5. The van der Waals surface area contributed by atoms with Crippen molar-refractivity contribution in [3.8, 4) is 5.75 Å². The lowest BCUT2D eigenvalue weighted by atomic mass is 10.2. The van der Waals surface area contributed by atoms with Gasteiger partial charge < -0.3 is 15.8 Å². The van der Waals surface area contributed by atoms with E-state index in [0.717, 1.165) is 11.3 Å². The summed E-state index contributed by atoms with van der Waals surface area (Å²) in [6.45, 7) is 0. The van der Waals surface area contributed by atoms with E-state index in [9.17, 15) is 0 Å². The number of benzene rings is 1. The molecule has 0 radical (unpaired) electrons. The van der Waals surface area contributed by atoms with Crippen LogP contribution in [0.1, 0.15) is 11.7 Å². The summed E-state index contributed by atoms with van der Waals surface area (Å²) in [6.07, 6.45) is -0.125. The first-order valence-electron chi connectivity index (χ1n) is 3.84. The van der Waals surface area contributed by atoms with Crippen molar-refractivity contribution in [2.45, 2.75) is 6.17 Å².